The summed E-state index contributed by atoms with van der Waals surface area (Å²) < 4.78 is 0. The summed E-state index contributed by atoms with van der Waals surface area (Å²) in [5.41, 5.74) is 0.849. The molecule has 2 rings (SSSR count). The minimum atomic E-state index is 0.113. The summed E-state index contributed by atoms with van der Waals surface area (Å²) in [6.07, 6.45) is 14.8. The third kappa shape index (κ3) is 3.22. The lowest BCUT2D eigenvalue weighted by Gasteiger charge is -2.22. The van der Waals surface area contributed by atoms with Gasteiger partial charge in [-0.3, -0.25) is 4.79 Å². The first-order chi connectivity index (χ1) is 7.86. The van der Waals surface area contributed by atoms with Gasteiger partial charge in [-0.1, -0.05) is 37.5 Å². The Morgan fingerprint density at radius 3 is 2.75 bits per heavy atom. The average molecular weight is 219 g/mol. The van der Waals surface area contributed by atoms with Crippen molar-refractivity contribution in [1.29, 1.82) is 0 Å². The second-order valence-electron chi connectivity index (χ2n) is 4.85. The van der Waals surface area contributed by atoms with Gasteiger partial charge < -0.3 is 5.32 Å². The van der Waals surface area contributed by atoms with Crippen LogP contribution in [0.5, 0.6) is 0 Å². The number of nitrogens with one attached hydrogen (secondary N) is 1. The van der Waals surface area contributed by atoms with Crippen molar-refractivity contribution in [2.24, 2.45) is 5.92 Å². The zero-order chi connectivity index (χ0) is 11.2. The zero-order valence-corrected chi connectivity index (χ0v) is 9.87. The Morgan fingerprint density at radius 1 is 1.25 bits per heavy atom. The van der Waals surface area contributed by atoms with E-state index in [0.717, 1.165) is 25.0 Å². The maximum absolute atomic E-state index is 11.8. The van der Waals surface area contributed by atoms with Crippen molar-refractivity contribution in [2.45, 2.75) is 44.9 Å². The lowest BCUT2D eigenvalue weighted by atomic mass is 9.89. The SMILES string of the molecule is O=C(NCC1CCCCC1)C1=CCCC=C1. The molecule has 1 fully saturated rings. The smallest absolute Gasteiger partial charge is 0.250 e. The summed E-state index contributed by atoms with van der Waals surface area (Å²) in [6.45, 7) is 0.865. The first-order valence-electron chi connectivity index (χ1n) is 6.51. The molecule has 1 N–H and O–H groups in total. The number of allylic oxidation sites excluding steroid dienone is 2. The van der Waals surface area contributed by atoms with Crippen LogP contribution in [0, 0.1) is 5.92 Å². The van der Waals surface area contributed by atoms with Crippen molar-refractivity contribution >= 4 is 5.91 Å². The predicted molar refractivity (Wildman–Crippen MR) is 66.0 cm³/mol. The summed E-state index contributed by atoms with van der Waals surface area (Å²) in [7, 11) is 0. The zero-order valence-electron chi connectivity index (χ0n) is 9.87. The maximum Gasteiger partial charge on any atom is 0.250 e. The van der Waals surface area contributed by atoms with E-state index in [1.165, 1.54) is 32.1 Å². The van der Waals surface area contributed by atoms with Gasteiger partial charge in [0, 0.05) is 12.1 Å². The van der Waals surface area contributed by atoms with Gasteiger partial charge in [0.2, 0.25) is 0 Å². The molecular weight excluding hydrogens is 198 g/mol. The largest absolute Gasteiger partial charge is 0.352 e. The van der Waals surface area contributed by atoms with Crippen LogP contribution in [0.2, 0.25) is 0 Å². The number of hydrogen-bond acceptors (Lipinski definition) is 1. The highest BCUT2D eigenvalue weighted by molar-refractivity contribution is 5.96. The summed E-state index contributed by atoms with van der Waals surface area (Å²) >= 11 is 0. The van der Waals surface area contributed by atoms with E-state index < -0.39 is 0 Å². The van der Waals surface area contributed by atoms with Crippen LogP contribution >= 0.6 is 0 Å². The highest BCUT2D eigenvalue weighted by Crippen LogP contribution is 2.22. The molecule has 0 heterocycles. The van der Waals surface area contributed by atoms with Crippen LogP contribution in [0.4, 0.5) is 0 Å². The number of hydrogen-bond donors (Lipinski definition) is 1. The number of amides is 1. The Labute approximate surface area is 97.8 Å². The van der Waals surface area contributed by atoms with E-state index in [1.54, 1.807) is 0 Å². The first-order valence-corrected chi connectivity index (χ1v) is 6.51. The van der Waals surface area contributed by atoms with Gasteiger partial charge in [0.1, 0.15) is 0 Å². The first kappa shape index (κ1) is 11.4. The summed E-state index contributed by atoms with van der Waals surface area (Å²) in [6, 6.07) is 0. The number of carbonyl (C=O) groups excluding carboxylic acids is 1. The standard InChI is InChI=1S/C14H21NO/c16-14(13-9-5-2-6-10-13)15-11-12-7-3-1-4-8-12/h5,9-10,12H,1-4,6-8,11H2,(H,15,16). The molecular formula is C14H21NO. The van der Waals surface area contributed by atoms with Crippen LogP contribution in [0.15, 0.2) is 23.8 Å². The minimum Gasteiger partial charge on any atom is -0.352 e. The highest BCUT2D eigenvalue weighted by atomic mass is 16.1. The van der Waals surface area contributed by atoms with Crippen LogP contribution in [0.1, 0.15) is 44.9 Å². The van der Waals surface area contributed by atoms with E-state index in [0.29, 0.717) is 5.92 Å². The Hall–Kier alpha value is -1.05. The monoisotopic (exact) mass is 219 g/mol. The topological polar surface area (TPSA) is 29.1 Å². The fraction of sp³-hybridized carbons (Fsp3) is 0.643. The van der Waals surface area contributed by atoms with Crippen LogP contribution in [0.3, 0.4) is 0 Å². The van der Waals surface area contributed by atoms with Gasteiger partial charge in [-0.2, -0.15) is 0 Å². The van der Waals surface area contributed by atoms with E-state index in [4.69, 9.17) is 0 Å². The van der Waals surface area contributed by atoms with Gasteiger partial charge in [-0.15, -0.1) is 0 Å². The normalized spacial score (nSPS) is 21.6. The van der Waals surface area contributed by atoms with Gasteiger partial charge in [-0.25, -0.2) is 0 Å². The summed E-state index contributed by atoms with van der Waals surface area (Å²) in [4.78, 5) is 11.8. The molecule has 2 nitrogen and oxygen atoms in total. The van der Waals surface area contributed by atoms with Crippen molar-refractivity contribution in [3.8, 4) is 0 Å². The Balaban J connectivity index is 1.74. The Bertz CT molecular complexity index is 298. The van der Waals surface area contributed by atoms with Crippen molar-refractivity contribution in [3.63, 3.8) is 0 Å². The maximum atomic E-state index is 11.8. The van der Waals surface area contributed by atoms with Gasteiger partial charge in [0.05, 0.1) is 0 Å². The van der Waals surface area contributed by atoms with Crippen LogP contribution in [-0.4, -0.2) is 12.5 Å². The predicted octanol–water partition coefficient (Wildman–Crippen LogP) is 2.96. The molecule has 0 aromatic carbocycles. The lowest BCUT2D eigenvalue weighted by Crippen LogP contribution is -2.31. The Morgan fingerprint density at radius 2 is 2.06 bits per heavy atom. The third-order valence-corrected chi connectivity index (χ3v) is 3.53. The van der Waals surface area contributed by atoms with Crippen LogP contribution in [0.25, 0.3) is 0 Å². The van der Waals surface area contributed by atoms with Crippen molar-refractivity contribution < 1.29 is 4.79 Å². The molecule has 0 radical (unpaired) electrons. The minimum absolute atomic E-state index is 0.113. The van der Waals surface area contributed by atoms with E-state index in [2.05, 4.69) is 11.4 Å². The molecule has 0 atom stereocenters. The third-order valence-electron chi connectivity index (χ3n) is 3.53. The van der Waals surface area contributed by atoms with E-state index in [-0.39, 0.29) is 5.91 Å². The van der Waals surface area contributed by atoms with Gasteiger partial charge >= 0.3 is 0 Å². The molecule has 2 aliphatic carbocycles. The van der Waals surface area contributed by atoms with Crippen molar-refractivity contribution in [1.82, 2.24) is 5.32 Å². The molecule has 0 aromatic rings. The van der Waals surface area contributed by atoms with Gasteiger partial charge in [0.15, 0.2) is 0 Å². The molecule has 2 heteroatoms. The van der Waals surface area contributed by atoms with Crippen molar-refractivity contribution in [2.75, 3.05) is 6.54 Å². The van der Waals surface area contributed by atoms with Gasteiger partial charge in [0.25, 0.3) is 5.91 Å². The molecule has 0 aromatic heterocycles. The van der Waals surface area contributed by atoms with Crippen molar-refractivity contribution in [3.05, 3.63) is 23.8 Å². The number of rotatable bonds is 3. The molecule has 2 aliphatic rings. The quantitative estimate of drug-likeness (QED) is 0.777. The molecule has 0 bridgehead atoms. The van der Waals surface area contributed by atoms with E-state index in [9.17, 15) is 4.79 Å². The summed E-state index contributed by atoms with van der Waals surface area (Å²) in [5.74, 6) is 0.826. The molecule has 16 heavy (non-hydrogen) atoms. The highest BCUT2D eigenvalue weighted by Gasteiger charge is 2.15. The molecule has 88 valence electrons. The Kier molecular flexibility index (Phi) is 4.20. The second-order valence-corrected chi connectivity index (χ2v) is 4.85. The lowest BCUT2D eigenvalue weighted by molar-refractivity contribution is -0.117. The van der Waals surface area contributed by atoms with Crippen LogP contribution in [-0.2, 0) is 4.79 Å². The molecule has 1 amide bonds. The van der Waals surface area contributed by atoms with E-state index in [1.807, 2.05) is 12.2 Å². The number of carbonyl (C=O) groups is 1. The fourth-order valence-electron chi connectivity index (χ4n) is 2.51. The van der Waals surface area contributed by atoms with Crippen LogP contribution < -0.4 is 5.32 Å². The average Bonchev–Trinajstić information content (AvgIpc) is 2.38. The fourth-order valence-corrected chi connectivity index (χ4v) is 2.51. The molecule has 0 aliphatic heterocycles. The van der Waals surface area contributed by atoms with Gasteiger partial charge in [-0.05, 0) is 31.6 Å². The second kappa shape index (κ2) is 5.88. The molecule has 1 saturated carbocycles. The molecule has 0 saturated heterocycles. The summed E-state index contributed by atoms with van der Waals surface area (Å²) in [5, 5.41) is 3.06. The van der Waals surface area contributed by atoms with E-state index >= 15 is 0 Å². The molecule has 0 spiro atoms. The molecule has 0 unspecified atom stereocenters.